The standard InChI is InChI=1S/C17H20N2O6/c1-12-9-18(10-13(2)25-12)16(20)11-24-17(21)7-6-14-4-3-5-15(8-14)19(22)23/h3-8,12-13H,9-11H2,1-2H3/b7-6+. The first kappa shape index (κ1) is 18.6. The van der Waals surface area contributed by atoms with E-state index in [4.69, 9.17) is 9.47 Å². The number of nitro benzene ring substituents is 1. The highest BCUT2D eigenvalue weighted by atomic mass is 16.6. The van der Waals surface area contributed by atoms with Gasteiger partial charge in [-0.2, -0.15) is 0 Å². The van der Waals surface area contributed by atoms with E-state index in [0.29, 0.717) is 18.7 Å². The van der Waals surface area contributed by atoms with E-state index in [0.717, 1.165) is 6.08 Å². The number of carbonyl (C=O) groups is 2. The summed E-state index contributed by atoms with van der Waals surface area (Å²) in [6, 6.07) is 5.84. The molecule has 0 saturated carbocycles. The Balaban J connectivity index is 1.85. The molecule has 1 amide bonds. The van der Waals surface area contributed by atoms with Crippen molar-refractivity contribution < 1.29 is 24.0 Å². The predicted molar refractivity (Wildman–Crippen MR) is 89.7 cm³/mol. The average molecular weight is 348 g/mol. The molecule has 2 unspecified atom stereocenters. The summed E-state index contributed by atoms with van der Waals surface area (Å²) in [6.45, 7) is 4.33. The molecule has 1 fully saturated rings. The lowest BCUT2D eigenvalue weighted by Gasteiger charge is -2.35. The van der Waals surface area contributed by atoms with Crippen LogP contribution in [0.1, 0.15) is 19.4 Å². The van der Waals surface area contributed by atoms with Gasteiger partial charge in [0.05, 0.1) is 17.1 Å². The molecule has 0 N–H and O–H groups in total. The van der Waals surface area contributed by atoms with Crippen LogP contribution in [-0.2, 0) is 19.1 Å². The third-order valence-electron chi connectivity index (χ3n) is 3.60. The molecular weight excluding hydrogens is 328 g/mol. The molecule has 0 bridgehead atoms. The normalized spacial score (nSPS) is 20.5. The summed E-state index contributed by atoms with van der Waals surface area (Å²) in [5, 5.41) is 10.7. The SMILES string of the molecule is CC1CN(C(=O)COC(=O)/C=C/c2cccc([N+](=O)[O-])c2)CC(C)O1. The Kier molecular flexibility index (Phi) is 6.24. The Hall–Kier alpha value is -2.74. The van der Waals surface area contributed by atoms with Crippen LogP contribution in [0.5, 0.6) is 0 Å². The highest BCUT2D eigenvalue weighted by Gasteiger charge is 2.26. The van der Waals surface area contributed by atoms with Crippen LogP contribution in [0.2, 0.25) is 0 Å². The molecular formula is C17H20N2O6. The van der Waals surface area contributed by atoms with E-state index < -0.39 is 10.9 Å². The quantitative estimate of drug-likeness (QED) is 0.348. The fraction of sp³-hybridized carbons (Fsp3) is 0.412. The van der Waals surface area contributed by atoms with Gasteiger partial charge in [0.2, 0.25) is 0 Å². The molecule has 1 aromatic carbocycles. The molecule has 2 atom stereocenters. The average Bonchev–Trinajstić information content (AvgIpc) is 2.57. The number of morpholine rings is 1. The molecule has 8 nitrogen and oxygen atoms in total. The van der Waals surface area contributed by atoms with Gasteiger partial charge in [0.25, 0.3) is 11.6 Å². The van der Waals surface area contributed by atoms with Gasteiger partial charge in [0.15, 0.2) is 6.61 Å². The maximum Gasteiger partial charge on any atom is 0.331 e. The minimum Gasteiger partial charge on any atom is -0.452 e. The molecule has 134 valence electrons. The second-order valence-electron chi connectivity index (χ2n) is 5.85. The van der Waals surface area contributed by atoms with Crippen molar-refractivity contribution in [3.8, 4) is 0 Å². The van der Waals surface area contributed by atoms with Crippen LogP contribution in [-0.4, -0.2) is 53.6 Å². The van der Waals surface area contributed by atoms with E-state index in [2.05, 4.69) is 0 Å². The third kappa shape index (κ3) is 5.68. The summed E-state index contributed by atoms with van der Waals surface area (Å²) in [5.74, 6) is -0.965. The first-order valence-electron chi connectivity index (χ1n) is 7.87. The number of benzene rings is 1. The predicted octanol–water partition coefficient (Wildman–Crippen LogP) is 1.79. The summed E-state index contributed by atoms with van der Waals surface area (Å²) in [7, 11) is 0. The lowest BCUT2D eigenvalue weighted by atomic mass is 10.2. The highest BCUT2D eigenvalue weighted by Crippen LogP contribution is 2.14. The van der Waals surface area contributed by atoms with Crippen LogP contribution in [0.15, 0.2) is 30.3 Å². The van der Waals surface area contributed by atoms with E-state index >= 15 is 0 Å². The maximum absolute atomic E-state index is 12.1. The van der Waals surface area contributed by atoms with E-state index in [9.17, 15) is 19.7 Å². The number of hydrogen-bond acceptors (Lipinski definition) is 6. The summed E-state index contributed by atoms with van der Waals surface area (Å²) < 4.78 is 10.5. The first-order valence-corrected chi connectivity index (χ1v) is 7.87. The van der Waals surface area contributed by atoms with E-state index in [1.165, 1.54) is 24.3 Å². The minimum absolute atomic E-state index is 0.0582. The molecule has 1 aliphatic rings. The molecule has 1 heterocycles. The fourth-order valence-electron chi connectivity index (χ4n) is 2.56. The van der Waals surface area contributed by atoms with Crippen molar-refractivity contribution in [2.24, 2.45) is 0 Å². The van der Waals surface area contributed by atoms with E-state index in [1.54, 1.807) is 11.0 Å². The highest BCUT2D eigenvalue weighted by molar-refractivity contribution is 5.89. The van der Waals surface area contributed by atoms with Crippen molar-refractivity contribution >= 4 is 23.6 Å². The molecule has 1 saturated heterocycles. The zero-order valence-corrected chi connectivity index (χ0v) is 14.1. The van der Waals surface area contributed by atoms with Gasteiger partial charge < -0.3 is 14.4 Å². The van der Waals surface area contributed by atoms with Crippen molar-refractivity contribution in [3.05, 3.63) is 46.0 Å². The lowest BCUT2D eigenvalue weighted by molar-refractivity contribution is -0.384. The Labute approximate surface area is 145 Å². The lowest BCUT2D eigenvalue weighted by Crippen LogP contribution is -2.49. The summed E-state index contributed by atoms with van der Waals surface area (Å²) in [4.78, 5) is 35.6. The molecule has 2 rings (SSSR count). The second kappa shape index (κ2) is 8.39. The number of amides is 1. The minimum atomic E-state index is -0.686. The van der Waals surface area contributed by atoms with Crippen molar-refractivity contribution in [1.29, 1.82) is 0 Å². The van der Waals surface area contributed by atoms with E-state index in [1.807, 2.05) is 13.8 Å². The molecule has 25 heavy (non-hydrogen) atoms. The van der Waals surface area contributed by atoms with Crippen LogP contribution in [0.3, 0.4) is 0 Å². The van der Waals surface area contributed by atoms with Crippen molar-refractivity contribution in [2.75, 3.05) is 19.7 Å². The molecule has 0 aliphatic carbocycles. The zero-order chi connectivity index (χ0) is 18.4. The number of nitrogens with zero attached hydrogens (tertiary/aromatic N) is 2. The number of rotatable bonds is 5. The van der Waals surface area contributed by atoms with Crippen LogP contribution in [0.25, 0.3) is 6.08 Å². The van der Waals surface area contributed by atoms with Crippen molar-refractivity contribution in [2.45, 2.75) is 26.1 Å². The van der Waals surface area contributed by atoms with Gasteiger partial charge in [0, 0.05) is 31.3 Å². The van der Waals surface area contributed by atoms with Crippen molar-refractivity contribution in [1.82, 2.24) is 4.90 Å². The largest absolute Gasteiger partial charge is 0.452 e. The van der Waals surface area contributed by atoms with Gasteiger partial charge in [-0.1, -0.05) is 12.1 Å². The first-order chi connectivity index (χ1) is 11.8. The topological polar surface area (TPSA) is 99.0 Å². The van der Waals surface area contributed by atoms with Gasteiger partial charge >= 0.3 is 5.97 Å². The Morgan fingerprint density at radius 3 is 2.68 bits per heavy atom. The van der Waals surface area contributed by atoms with Crippen LogP contribution < -0.4 is 0 Å². The summed E-state index contributed by atoms with van der Waals surface area (Å²) >= 11 is 0. The van der Waals surface area contributed by atoms with Crippen LogP contribution >= 0.6 is 0 Å². The Morgan fingerprint density at radius 1 is 1.36 bits per heavy atom. The second-order valence-corrected chi connectivity index (χ2v) is 5.85. The molecule has 8 heteroatoms. The number of nitro groups is 1. The van der Waals surface area contributed by atoms with Gasteiger partial charge in [-0.15, -0.1) is 0 Å². The van der Waals surface area contributed by atoms with E-state index in [-0.39, 0.29) is 30.4 Å². The molecule has 0 spiro atoms. The number of esters is 1. The molecule has 1 aliphatic heterocycles. The number of hydrogen-bond donors (Lipinski definition) is 0. The monoisotopic (exact) mass is 348 g/mol. The van der Waals surface area contributed by atoms with Gasteiger partial charge in [-0.25, -0.2) is 4.79 Å². The summed E-state index contributed by atoms with van der Waals surface area (Å²) in [6.07, 6.45) is 2.42. The Morgan fingerprint density at radius 2 is 2.04 bits per heavy atom. The maximum atomic E-state index is 12.1. The smallest absolute Gasteiger partial charge is 0.331 e. The third-order valence-corrected chi connectivity index (χ3v) is 3.60. The zero-order valence-electron chi connectivity index (χ0n) is 14.1. The van der Waals surface area contributed by atoms with Gasteiger partial charge in [0.1, 0.15) is 0 Å². The molecule has 0 aromatic heterocycles. The van der Waals surface area contributed by atoms with Gasteiger partial charge in [-0.05, 0) is 25.5 Å². The number of ether oxygens (including phenoxy) is 2. The van der Waals surface area contributed by atoms with Crippen LogP contribution in [0, 0.1) is 10.1 Å². The fourth-order valence-corrected chi connectivity index (χ4v) is 2.56. The van der Waals surface area contributed by atoms with Gasteiger partial charge in [-0.3, -0.25) is 14.9 Å². The Bertz CT molecular complexity index is 677. The van der Waals surface area contributed by atoms with Crippen molar-refractivity contribution in [3.63, 3.8) is 0 Å². The molecule has 0 radical (unpaired) electrons. The van der Waals surface area contributed by atoms with Crippen LogP contribution in [0.4, 0.5) is 5.69 Å². The number of non-ortho nitro benzene ring substituents is 1. The molecule has 1 aromatic rings. The summed E-state index contributed by atoms with van der Waals surface area (Å²) in [5.41, 5.74) is 0.426. The number of carbonyl (C=O) groups excluding carboxylic acids is 2.